The molecule has 0 aromatic carbocycles. The zero-order valence-electron chi connectivity index (χ0n) is 18.7. The summed E-state index contributed by atoms with van der Waals surface area (Å²) in [4.78, 5) is 36.3. The maximum Gasteiger partial charge on any atom is 0.315 e. The van der Waals surface area contributed by atoms with Gasteiger partial charge < -0.3 is 14.9 Å². The molecule has 2 N–H and O–H groups in total. The van der Waals surface area contributed by atoms with Crippen LogP contribution in [0.1, 0.15) is 58.8 Å². The lowest BCUT2D eigenvalue weighted by Crippen LogP contribution is -2.55. The van der Waals surface area contributed by atoms with Gasteiger partial charge in [-0.25, -0.2) is 0 Å². The molecule has 3 saturated carbocycles. The van der Waals surface area contributed by atoms with Gasteiger partial charge in [0.1, 0.15) is 5.60 Å². The molecule has 4 aliphatic carbocycles. The number of aliphatic hydroxyl groups excluding tert-OH is 1. The minimum absolute atomic E-state index is 0.0600. The fraction of sp³-hybridized carbons (Fsp3) is 0.792. The molecule has 0 spiro atoms. The van der Waals surface area contributed by atoms with Gasteiger partial charge in [0, 0.05) is 6.42 Å². The van der Waals surface area contributed by atoms with Crippen LogP contribution in [0.2, 0.25) is 0 Å². The number of rotatable bonds is 5. The smallest absolute Gasteiger partial charge is 0.315 e. The Labute approximate surface area is 188 Å². The molecule has 0 aliphatic heterocycles. The number of aliphatic hydroxyl groups is 2. The summed E-state index contributed by atoms with van der Waals surface area (Å²) >= 11 is 1.18. The summed E-state index contributed by atoms with van der Waals surface area (Å²) in [5.41, 5.74) is -0.703. The van der Waals surface area contributed by atoms with Crippen LogP contribution in [0.25, 0.3) is 0 Å². The normalized spacial score (nSPS) is 44.0. The highest BCUT2D eigenvalue weighted by molar-refractivity contribution is 8.00. The number of hydrogen-bond donors (Lipinski definition) is 2. The topological polar surface area (TPSA) is 101 Å². The maximum absolute atomic E-state index is 13.0. The zero-order valence-corrected chi connectivity index (χ0v) is 19.5. The molecule has 0 heterocycles. The summed E-state index contributed by atoms with van der Waals surface area (Å²) in [6.07, 6.45) is 5.70. The lowest BCUT2D eigenvalue weighted by molar-refractivity contribution is -0.137. The standard InChI is InChI=1S/C24H34O6S/c1-22-10-18(26)21-16(5-4-14-8-15(25)6-7-23(14,21)2)17(22)9-24(29,13-22)19(27)11-31-12-20(28)30-3/h8,16-18,21,26,29H,4-7,9-13H2,1-3H3. The van der Waals surface area contributed by atoms with Gasteiger partial charge in [-0.05, 0) is 73.2 Å². The molecule has 6 nitrogen and oxygen atoms in total. The molecular weight excluding hydrogens is 416 g/mol. The fourth-order valence-corrected chi connectivity index (χ4v) is 8.30. The molecule has 7 heteroatoms. The van der Waals surface area contributed by atoms with E-state index < -0.39 is 11.7 Å². The molecule has 0 saturated heterocycles. The Hall–Kier alpha value is -1.18. The van der Waals surface area contributed by atoms with E-state index in [1.807, 2.05) is 6.08 Å². The van der Waals surface area contributed by atoms with Crippen LogP contribution >= 0.6 is 11.8 Å². The Kier molecular flexibility index (Phi) is 5.93. The quantitative estimate of drug-likeness (QED) is 0.621. The van der Waals surface area contributed by atoms with Crippen molar-refractivity contribution in [3.63, 3.8) is 0 Å². The number of carbonyl (C=O) groups excluding carboxylic acids is 3. The third kappa shape index (κ3) is 3.80. The summed E-state index contributed by atoms with van der Waals surface area (Å²) < 4.78 is 4.62. The van der Waals surface area contributed by atoms with Gasteiger partial charge in [0.2, 0.25) is 0 Å². The van der Waals surface area contributed by atoms with E-state index in [4.69, 9.17) is 0 Å². The van der Waals surface area contributed by atoms with Crippen LogP contribution in [0.3, 0.4) is 0 Å². The van der Waals surface area contributed by atoms with Gasteiger partial charge in [-0.1, -0.05) is 19.4 Å². The number of thioether (sulfide) groups is 1. The molecule has 4 rings (SSSR count). The first-order valence-corrected chi connectivity index (χ1v) is 12.5. The zero-order chi connectivity index (χ0) is 22.6. The second kappa shape index (κ2) is 7.99. The van der Waals surface area contributed by atoms with Crippen LogP contribution in [0, 0.1) is 28.6 Å². The maximum atomic E-state index is 13.0. The van der Waals surface area contributed by atoms with E-state index >= 15 is 0 Å². The molecule has 0 aromatic heterocycles. The number of ketones is 2. The third-order valence-corrected chi connectivity index (χ3v) is 9.77. The average Bonchev–Trinajstić information content (AvgIpc) is 2.99. The van der Waals surface area contributed by atoms with Crippen LogP contribution in [-0.4, -0.2) is 58.1 Å². The Balaban J connectivity index is 1.55. The number of fused-ring (bicyclic) bond motifs is 5. The van der Waals surface area contributed by atoms with Crippen molar-refractivity contribution in [2.24, 2.45) is 28.6 Å². The lowest BCUT2D eigenvalue weighted by atomic mass is 9.46. The SMILES string of the molecule is COC(=O)CSCC(=O)C1(O)CC2C3CCC4=CC(=O)CCC4(C)C3C(O)CC2(C)C1. The number of allylic oxidation sites excluding steroid dienone is 1. The molecule has 7 atom stereocenters. The van der Waals surface area contributed by atoms with E-state index in [2.05, 4.69) is 18.6 Å². The number of Topliss-reactive ketones (excluding diaryl/α,β-unsaturated/α-hetero) is 1. The third-order valence-electron chi connectivity index (χ3n) is 8.86. The summed E-state index contributed by atoms with van der Waals surface area (Å²) in [7, 11) is 1.32. The Morgan fingerprint density at radius 2 is 1.97 bits per heavy atom. The van der Waals surface area contributed by atoms with Gasteiger partial charge >= 0.3 is 5.97 Å². The molecule has 0 bridgehead atoms. The van der Waals surface area contributed by atoms with Crippen molar-refractivity contribution in [1.29, 1.82) is 0 Å². The molecule has 0 aromatic rings. The highest BCUT2D eigenvalue weighted by Gasteiger charge is 2.64. The highest BCUT2D eigenvalue weighted by Crippen LogP contribution is 2.66. The number of carbonyl (C=O) groups is 3. The van der Waals surface area contributed by atoms with Crippen molar-refractivity contribution < 1.29 is 29.3 Å². The second-order valence-corrected chi connectivity index (χ2v) is 11.7. The first-order valence-electron chi connectivity index (χ1n) is 11.3. The molecule has 0 amide bonds. The predicted molar refractivity (Wildman–Crippen MR) is 117 cm³/mol. The molecule has 7 unspecified atom stereocenters. The number of hydrogen-bond acceptors (Lipinski definition) is 7. The van der Waals surface area contributed by atoms with Crippen molar-refractivity contribution in [1.82, 2.24) is 0 Å². The van der Waals surface area contributed by atoms with Gasteiger partial charge in [0.15, 0.2) is 11.6 Å². The van der Waals surface area contributed by atoms with Crippen LogP contribution in [0.5, 0.6) is 0 Å². The monoisotopic (exact) mass is 450 g/mol. The molecule has 172 valence electrons. The van der Waals surface area contributed by atoms with Gasteiger partial charge in [0.05, 0.1) is 24.7 Å². The van der Waals surface area contributed by atoms with E-state index in [0.29, 0.717) is 25.7 Å². The molecule has 31 heavy (non-hydrogen) atoms. The summed E-state index contributed by atoms with van der Waals surface area (Å²) in [5.74, 6) is 0.204. The predicted octanol–water partition coefficient (Wildman–Crippen LogP) is 2.70. The Morgan fingerprint density at radius 1 is 1.23 bits per heavy atom. The minimum Gasteiger partial charge on any atom is -0.468 e. The number of ether oxygens (including phenoxy) is 1. The summed E-state index contributed by atoms with van der Waals surface area (Å²) in [5, 5.41) is 22.7. The van der Waals surface area contributed by atoms with E-state index in [1.54, 1.807) is 0 Å². The summed E-state index contributed by atoms with van der Waals surface area (Å²) in [6, 6.07) is 0. The van der Waals surface area contributed by atoms with Crippen LogP contribution in [0.4, 0.5) is 0 Å². The van der Waals surface area contributed by atoms with Gasteiger partial charge in [0.25, 0.3) is 0 Å². The Morgan fingerprint density at radius 3 is 2.68 bits per heavy atom. The van der Waals surface area contributed by atoms with Gasteiger partial charge in [-0.2, -0.15) is 0 Å². The van der Waals surface area contributed by atoms with Gasteiger partial charge in [-0.15, -0.1) is 11.8 Å². The fourth-order valence-electron chi connectivity index (χ4n) is 7.46. The van der Waals surface area contributed by atoms with Gasteiger partial charge in [-0.3, -0.25) is 14.4 Å². The van der Waals surface area contributed by atoms with Crippen molar-refractivity contribution in [3.05, 3.63) is 11.6 Å². The molecule has 3 fully saturated rings. The van der Waals surface area contributed by atoms with Crippen molar-refractivity contribution in [2.75, 3.05) is 18.6 Å². The van der Waals surface area contributed by atoms with E-state index in [-0.39, 0.29) is 57.6 Å². The van der Waals surface area contributed by atoms with Crippen molar-refractivity contribution in [3.8, 4) is 0 Å². The first-order chi connectivity index (χ1) is 14.5. The van der Waals surface area contributed by atoms with Crippen LogP contribution < -0.4 is 0 Å². The molecule has 4 aliphatic rings. The van der Waals surface area contributed by atoms with Crippen molar-refractivity contribution in [2.45, 2.75) is 70.5 Å². The number of esters is 1. The molecule has 0 radical (unpaired) electrons. The Bertz CT molecular complexity index is 823. The first kappa shape index (κ1) is 23.0. The highest BCUT2D eigenvalue weighted by atomic mass is 32.2. The van der Waals surface area contributed by atoms with E-state index in [1.165, 1.54) is 24.4 Å². The summed E-state index contributed by atoms with van der Waals surface area (Å²) in [6.45, 7) is 4.31. The lowest BCUT2D eigenvalue weighted by Gasteiger charge is -2.59. The van der Waals surface area contributed by atoms with E-state index in [0.717, 1.165) is 19.3 Å². The largest absolute Gasteiger partial charge is 0.468 e. The van der Waals surface area contributed by atoms with Crippen molar-refractivity contribution >= 4 is 29.3 Å². The van der Waals surface area contributed by atoms with E-state index in [9.17, 15) is 24.6 Å². The molecular formula is C24H34O6S. The van der Waals surface area contributed by atoms with Crippen LogP contribution in [-0.2, 0) is 19.1 Å². The minimum atomic E-state index is -1.41. The average molecular weight is 451 g/mol. The van der Waals surface area contributed by atoms with Crippen LogP contribution in [0.15, 0.2) is 11.6 Å². The number of methoxy groups -OCH3 is 1. The second-order valence-electron chi connectivity index (χ2n) is 10.7.